The van der Waals surface area contributed by atoms with Gasteiger partial charge >= 0.3 is 6.09 Å². The van der Waals surface area contributed by atoms with Crippen molar-refractivity contribution in [2.45, 2.75) is 63.3 Å². The third kappa shape index (κ3) is 10.8. The lowest BCUT2D eigenvalue weighted by atomic mass is 9.94. The zero-order valence-corrected chi connectivity index (χ0v) is 29.1. The summed E-state index contributed by atoms with van der Waals surface area (Å²) in [4.78, 5) is 39.9. The van der Waals surface area contributed by atoms with Gasteiger partial charge in [-0.25, -0.2) is 4.79 Å². The monoisotopic (exact) mass is 721 g/mol. The molecule has 10 nitrogen and oxygen atoms in total. The molecule has 0 radical (unpaired) electrons. The Balaban J connectivity index is 1.54. The van der Waals surface area contributed by atoms with Gasteiger partial charge in [-0.15, -0.1) is 0 Å². The van der Waals surface area contributed by atoms with E-state index in [-0.39, 0.29) is 23.0 Å². The Hall–Kier alpha value is -4.45. The number of amides is 3. The first-order chi connectivity index (χ1) is 23.9. The number of ether oxygens (including phenoxy) is 1. The topological polar surface area (TPSA) is 157 Å². The number of carbonyl (C=O) groups is 3. The van der Waals surface area contributed by atoms with Gasteiger partial charge in [-0.05, 0) is 46.7 Å². The van der Waals surface area contributed by atoms with Crippen LogP contribution in [0.15, 0.2) is 109 Å². The van der Waals surface area contributed by atoms with E-state index in [1.165, 1.54) is 6.07 Å². The fraction of sp³-hybridized carbons (Fsp3) is 0.289. The van der Waals surface area contributed by atoms with Gasteiger partial charge in [-0.3, -0.25) is 9.59 Å². The highest BCUT2D eigenvalue weighted by atomic mass is 35.5. The fourth-order valence-corrected chi connectivity index (χ4v) is 5.64. The first-order valence-electron chi connectivity index (χ1n) is 16.1. The number of rotatable bonds is 15. The molecule has 12 heteroatoms. The molecule has 0 fully saturated rings. The molecule has 4 aromatic rings. The normalized spacial score (nSPS) is 14.8. The van der Waals surface area contributed by atoms with Crippen molar-refractivity contribution in [3.05, 3.63) is 141 Å². The molecule has 264 valence electrons. The van der Waals surface area contributed by atoms with E-state index in [2.05, 4.69) is 16.0 Å². The van der Waals surface area contributed by atoms with Gasteiger partial charge in [0.15, 0.2) is 12.2 Å². The predicted octanol–water partition coefficient (Wildman–Crippen LogP) is 5.28. The average molecular weight is 723 g/mol. The van der Waals surface area contributed by atoms with Gasteiger partial charge in [0.1, 0.15) is 12.2 Å². The molecule has 4 aromatic carbocycles. The Kier molecular flexibility index (Phi) is 14.2. The molecule has 0 saturated heterocycles. The van der Waals surface area contributed by atoms with E-state index in [1.807, 2.05) is 30.3 Å². The summed E-state index contributed by atoms with van der Waals surface area (Å²) in [6.45, 7) is 3.54. The summed E-state index contributed by atoms with van der Waals surface area (Å²) >= 11 is 12.3. The van der Waals surface area contributed by atoms with Crippen LogP contribution in [0, 0.1) is 5.92 Å². The highest BCUT2D eigenvalue weighted by Crippen LogP contribution is 2.29. The lowest BCUT2D eigenvalue weighted by molar-refractivity contribution is -0.141. The minimum atomic E-state index is -2.06. The van der Waals surface area contributed by atoms with E-state index in [0.29, 0.717) is 16.7 Å². The van der Waals surface area contributed by atoms with Crippen molar-refractivity contribution in [3.8, 4) is 0 Å². The number of carbonyl (C=O) groups excluding carboxylic acids is 3. The molecule has 6 atom stereocenters. The molecular weight excluding hydrogens is 681 g/mol. The minimum Gasteiger partial charge on any atom is -0.436 e. The first-order valence-corrected chi connectivity index (χ1v) is 16.9. The maximum atomic E-state index is 13.6. The van der Waals surface area contributed by atoms with Crippen LogP contribution in [0.1, 0.15) is 48.2 Å². The number of hydrogen-bond acceptors (Lipinski definition) is 7. The van der Waals surface area contributed by atoms with E-state index in [0.717, 1.165) is 5.56 Å². The Morgan fingerprint density at radius 3 is 1.86 bits per heavy atom. The molecule has 50 heavy (non-hydrogen) atoms. The first kappa shape index (κ1) is 38.4. The molecule has 0 aliphatic rings. The summed E-state index contributed by atoms with van der Waals surface area (Å²) in [5.74, 6) is -2.24. The zero-order valence-electron chi connectivity index (χ0n) is 27.6. The van der Waals surface area contributed by atoms with Crippen LogP contribution in [0.3, 0.4) is 0 Å². The van der Waals surface area contributed by atoms with Crippen molar-refractivity contribution in [1.29, 1.82) is 0 Å². The van der Waals surface area contributed by atoms with Gasteiger partial charge in [-0.1, -0.05) is 134 Å². The SMILES string of the molecule is CC(C)C(OC(=O)NCc1ccccc1)C(=O)NC(Cc1ccc(Cl)c(Cl)c1)C(O)C(O)C(=O)NC(c1ccccc1)C(O)c1ccccc1. The van der Waals surface area contributed by atoms with Crippen LogP contribution in [0.2, 0.25) is 10.0 Å². The number of aliphatic hydroxyl groups excluding tert-OH is 3. The Bertz CT molecular complexity index is 1700. The predicted molar refractivity (Wildman–Crippen MR) is 191 cm³/mol. The largest absolute Gasteiger partial charge is 0.436 e. The van der Waals surface area contributed by atoms with Crippen LogP contribution in [0.5, 0.6) is 0 Å². The summed E-state index contributed by atoms with van der Waals surface area (Å²) in [7, 11) is 0. The van der Waals surface area contributed by atoms with Gasteiger partial charge in [0.2, 0.25) is 0 Å². The molecule has 0 bridgehead atoms. The number of halogens is 2. The summed E-state index contributed by atoms with van der Waals surface area (Å²) in [6.07, 6.45) is -7.33. The molecular formula is C38H41Cl2N3O7. The second kappa shape index (κ2) is 18.5. The second-order valence-electron chi connectivity index (χ2n) is 12.2. The standard InChI is InChI=1S/C38H41Cl2N3O7/c1-23(2)35(50-38(49)41-22-24-12-6-3-7-13-24)37(48)42-30(21-25-18-19-28(39)29(40)20-25)33(45)34(46)36(47)43-31(26-14-8-4-9-15-26)32(44)27-16-10-5-11-17-27/h3-20,23,30-35,44-46H,21-22H2,1-2H3,(H,41,49)(H,42,48)(H,43,47). The van der Waals surface area contributed by atoms with Crippen molar-refractivity contribution < 1.29 is 34.4 Å². The molecule has 0 aliphatic heterocycles. The van der Waals surface area contributed by atoms with Crippen molar-refractivity contribution in [2.75, 3.05) is 0 Å². The van der Waals surface area contributed by atoms with Crippen LogP contribution in [0.4, 0.5) is 4.79 Å². The lowest BCUT2D eigenvalue weighted by Crippen LogP contribution is -2.57. The van der Waals surface area contributed by atoms with E-state index in [4.69, 9.17) is 27.9 Å². The summed E-state index contributed by atoms with van der Waals surface area (Å²) < 4.78 is 5.49. The molecule has 0 aliphatic carbocycles. The van der Waals surface area contributed by atoms with Crippen LogP contribution in [-0.2, 0) is 27.3 Å². The number of benzene rings is 4. The van der Waals surface area contributed by atoms with Crippen molar-refractivity contribution in [1.82, 2.24) is 16.0 Å². The average Bonchev–Trinajstić information content (AvgIpc) is 3.13. The van der Waals surface area contributed by atoms with E-state index in [9.17, 15) is 29.7 Å². The van der Waals surface area contributed by atoms with Gasteiger partial charge in [0.05, 0.1) is 22.1 Å². The van der Waals surface area contributed by atoms with E-state index in [1.54, 1.807) is 86.6 Å². The number of nitrogens with one attached hydrogen (secondary N) is 3. The highest BCUT2D eigenvalue weighted by molar-refractivity contribution is 6.42. The van der Waals surface area contributed by atoms with Crippen LogP contribution in [-0.4, -0.2) is 57.6 Å². The third-order valence-electron chi connectivity index (χ3n) is 8.06. The lowest BCUT2D eigenvalue weighted by Gasteiger charge is -2.31. The third-order valence-corrected chi connectivity index (χ3v) is 8.80. The zero-order chi connectivity index (χ0) is 36.2. The number of hydrogen-bond donors (Lipinski definition) is 6. The number of alkyl carbamates (subject to hydrolysis) is 1. The van der Waals surface area contributed by atoms with Crippen LogP contribution in [0.25, 0.3) is 0 Å². The van der Waals surface area contributed by atoms with Crippen LogP contribution >= 0.6 is 23.2 Å². The molecule has 4 rings (SSSR count). The van der Waals surface area contributed by atoms with Crippen LogP contribution < -0.4 is 16.0 Å². The molecule has 0 aromatic heterocycles. The Labute approximate surface area is 301 Å². The van der Waals surface area contributed by atoms with Gasteiger partial charge in [0.25, 0.3) is 11.8 Å². The van der Waals surface area contributed by atoms with Crippen molar-refractivity contribution >= 4 is 41.1 Å². The maximum Gasteiger partial charge on any atom is 0.408 e. The molecule has 6 unspecified atom stereocenters. The number of aliphatic hydroxyl groups is 3. The molecule has 0 saturated carbocycles. The van der Waals surface area contributed by atoms with Gasteiger partial charge in [-0.2, -0.15) is 0 Å². The smallest absolute Gasteiger partial charge is 0.408 e. The molecule has 0 spiro atoms. The van der Waals surface area contributed by atoms with Crippen molar-refractivity contribution in [3.63, 3.8) is 0 Å². The van der Waals surface area contributed by atoms with Crippen molar-refractivity contribution in [2.24, 2.45) is 5.92 Å². The molecule has 3 amide bonds. The summed E-state index contributed by atoms with van der Waals surface area (Å²) in [5, 5.41) is 42.4. The second-order valence-corrected chi connectivity index (χ2v) is 13.0. The Morgan fingerprint density at radius 2 is 1.28 bits per heavy atom. The van der Waals surface area contributed by atoms with E-state index < -0.39 is 60.3 Å². The molecule has 0 heterocycles. The fourth-order valence-electron chi connectivity index (χ4n) is 5.32. The minimum absolute atomic E-state index is 0.0894. The van der Waals surface area contributed by atoms with Gasteiger partial charge < -0.3 is 36.0 Å². The summed E-state index contributed by atoms with van der Waals surface area (Å²) in [6, 6.07) is 29.0. The maximum absolute atomic E-state index is 13.6. The van der Waals surface area contributed by atoms with Gasteiger partial charge in [0, 0.05) is 6.54 Å². The summed E-state index contributed by atoms with van der Waals surface area (Å²) in [5.41, 5.74) is 2.44. The molecule has 6 N–H and O–H groups in total. The highest BCUT2D eigenvalue weighted by Gasteiger charge is 2.37. The Morgan fingerprint density at radius 1 is 0.700 bits per heavy atom. The quantitative estimate of drug-likeness (QED) is 0.0975. The van der Waals surface area contributed by atoms with E-state index >= 15 is 0 Å².